The number of aromatic nitrogens is 1. The number of Topliss-reactive ketones (excluding diaryl/α,β-unsaturated/α-hetero) is 1. The number of esters is 1. The molecule has 14 heavy (non-hydrogen) atoms. The molecular formula is C9H8ClNO3. The fraction of sp³-hybridized carbons (Fsp3) is 0.222. The predicted octanol–water partition coefficient (Wildman–Crippen LogP) is 1.48. The highest BCUT2D eigenvalue weighted by molar-refractivity contribution is 6.40. The summed E-state index contributed by atoms with van der Waals surface area (Å²) < 4.78 is 4.54. The Hall–Kier alpha value is -1.42. The zero-order valence-electron chi connectivity index (χ0n) is 7.49. The minimum absolute atomic E-state index is 0.172. The summed E-state index contributed by atoms with van der Waals surface area (Å²) in [4.78, 5) is 26.0. The maximum Gasteiger partial charge on any atom is 0.379 e. The molecule has 5 heteroatoms. The van der Waals surface area contributed by atoms with Crippen molar-refractivity contribution < 1.29 is 14.3 Å². The molecule has 74 valence electrons. The van der Waals surface area contributed by atoms with Crippen molar-refractivity contribution in [2.24, 2.45) is 0 Å². The number of ketones is 1. The zero-order chi connectivity index (χ0) is 10.6. The monoisotopic (exact) mass is 213 g/mol. The van der Waals surface area contributed by atoms with Crippen molar-refractivity contribution in [2.45, 2.75) is 6.92 Å². The quantitative estimate of drug-likeness (QED) is 0.330. The third-order valence-corrected chi connectivity index (χ3v) is 1.67. The number of nitrogens with zero attached hydrogens (tertiary/aromatic N) is 1. The Balaban J connectivity index is 2.79. The number of rotatable bonds is 3. The number of ether oxygens (including phenoxy) is 1. The average molecular weight is 214 g/mol. The summed E-state index contributed by atoms with van der Waals surface area (Å²) in [5.74, 6) is -1.59. The Bertz CT molecular complexity index is 348. The van der Waals surface area contributed by atoms with E-state index in [-0.39, 0.29) is 17.3 Å². The van der Waals surface area contributed by atoms with E-state index in [1.807, 2.05) is 0 Å². The van der Waals surface area contributed by atoms with E-state index in [0.717, 1.165) is 0 Å². The number of carbonyl (C=O) groups excluding carboxylic acids is 2. The molecule has 0 amide bonds. The van der Waals surface area contributed by atoms with Gasteiger partial charge in [0.2, 0.25) is 0 Å². The molecule has 1 heterocycles. The first-order valence-electron chi connectivity index (χ1n) is 3.98. The highest BCUT2D eigenvalue weighted by Gasteiger charge is 2.17. The van der Waals surface area contributed by atoms with Crippen LogP contribution in [0.3, 0.4) is 0 Å². The molecule has 0 fully saturated rings. The van der Waals surface area contributed by atoms with Gasteiger partial charge in [0.15, 0.2) is 0 Å². The molecule has 0 radical (unpaired) electrons. The predicted molar refractivity (Wildman–Crippen MR) is 50.2 cm³/mol. The van der Waals surface area contributed by atoms with Crippen LogP contribution in [0.2, 0.25) is 5.15 Å². The standard InChI is InChI=1S/C9H8ClNO3/c1-2-14-9(13)8(12)6-3-4-7(10)11-5-6/h3-5H,2H2,1H3. The van der Waals surface area contributed by atoms with Crippen LogP contribution in [0.25, 0.3) is 0 Å². The van der Waals surface area contributed by atoms with Crippen LogP contribution in [-0.2, 0) is 9.53 Å². The molecule has 0 atom stereocenters. The van der Waals surface area contributed by atoms with E-state index in [9.17, 15) is 9.59 Å². The van der Waals surface area contributed by atoms with Gasteiger partial charge in [0.1, 0.15) is 5.15 Å². The Labute approximate surface area is 85.9 Å². The summed E-state index contributed by atoms with van der Waals surface area (Å²) in [5, 5.41) is 0.269. The second-order valence-corrected chi connectivity index (χ2v) is 2.81. The maximum absolute atomic E-state index is 11.3. The van der Waals surface area contributed by atoms with Crippen molar-refractivity contribution >= 4 is 23.4 Å². The number of halogens is 1. The molecule has 4 nitrogen and oxygen atoms in total. The Morgan fingerprint density at radius 3 is 2.71 bits per heavy atom. The van der Waals surface area contributed by atoms with Gasteiger partial charge in [0.25, 0.3) is 5.78 Å². The van der Waals surface area contributed by atoms with Gasteiger partial charge in [-0.05, 0) is 19.1 Å². The number of hydrogen-bond acceptors (Lipinski definition) is 4. The number of pyridine rings is 1. The van der Waals surface area contributed by atoms with E-state index in [1.165, 1.54) is 18.3 Å². The van der Waals surface area contributed by atoms with Crippen molar-refractivity contribution in [3.8, 4) is 0 Å². The summed E-state index contributed by atoms with van der Waals surface area (Å²) in [6.45, 7) is 1.80. The van der Waals surface area contributed by atoms with Gasteiger partial charge in [0, 0.05) is 11.8 Å². The van der Waals surface area contributed by atoms with E-state index in [1.54, 1.807) is 6.92 Å². The third-order valence-electron chi connectivity index (χ3n) is 1.45. The van der Waals surface area contributed by atoms with Gasteiger partial charge in [-0.25, -0.2) is 9.78 Å². The highest BCUT2D eigenvalue weighted by Crippen LogP contribution is 2.06. The topological polar surface area (TPSA) is 56.3 Å². The molecule has 0 aromatic carbocycles. The number of hydrogen-bond donors (Lipinski definition) is 0. The SMILES string of the molecule is CCOC(=O)C(=O)c1ccc(Cl)nc1. The Kier molecular flexibility index (Phi) is 3.59. The van der Waals surface area contributed by atoms with Gasteiger partial charge >= 0.3 is 5.97 Å². The third kappa shape index (κ3) is 2.53. The molecule has 0 spiro atoms. The van der Waals surface area contributed by atoms with Crippen molar-refractivity contribution in [2.75, 3.05) is 6.61 Å². The van der Waals surface area contributed by atoms with Crippen LogP contribution in [0.5, 0.6) is 0 Å². The maximum atomic E-state index is 11.3. The van der Waals surface area contributed by atoms with Gasteiger partial charge in [0.05, 0.1) is 6.61 Å². The van der Waals surface area contributed by atoms with Crippen LogP contribution in [-0.4, -0.2) is 23.3 Å². The summed E-state index contributed by atoms with van der Waals surface area (Å²) >= 11 is 5.52. The Morgan fingerprint density at radius 1 is 1.50 bits per heavy atom. The van der Waals surface area contributed by atoms with Crippen LogP contribution in [0.4, 0.5) is 0 Å². The molecule has 0 N–H and O–H groups in total. The minimum Gasteiger partial charge on any atom is -0.460 e. The summed E-state index contributed by atoms with van der Waals surface area (Å²) in [7, 11) is 0. The van der Waals surface area contributed by atoms with Crippen LogP contribution in [0.15, 0.2) is 18.3 Å². The van der Waals surface area contributed by atoms with Crippen LogP contribution >= 0.6 is 11.6 Å². The second kappa shape index (κ2) is 4.72. The van der Waals surface area contributed by atoms with Crippen LogP contribution in [0.1, 0.15) is 17.3 Å². The van der Waals surface area contributed by atoms with Crippen LogP contribution < -0.4 is 0 Å². The minimum atomic E-state index is -0.878. The molecule has 0 aliphatic carbocycles. The summed E-state index contributed by atoms with van der Waals surface area (Å²) in [5.41, 5.74) is 0.174. The van der Waals surface area contributed by atoms with E-state index >= 15 is 0 Å². The first kappa shape index (κ1) is 10.7. The average Bonchev–Trinajstić information content (AvgIpc) is 2.18. The molecule has 0 aliphatic heterocycles. The lowest BCUT2D eigenvalue weighted by molar-refractivity contribution is -0.137. The van der Waals surface area contributed by atoms with E-state index < -0.39 is 11.8 Å². The normalized spacial score (nSPS) is 9.57. The van der Waals surface area contributed by atoms with Gasteiger partial charge in [-0.15, -0.1) is 0 Å². The fourth-order valence-electron chi connectivity index (χ4n) is 0.825. The summed E-state index contributed by atoms with van der Waals surface area (Å²) in [6, 6.07) is 2.86. The van der Waals surface area contributed by atoms with Crippen LogP contribution in [0, 0.1) is 0 Å². The molecule has 0 bridgehead atoms. The fourth-order valence-corrected chi connectivity index (χ4v) is 0.936. The molecule has 0 saturated carbocycles. The van der Waals surface area contributed by atoms with Crippen molar-refractivity contribution in [3.63, 3.8) is 0 Å². The van der Waals surface area contributed by atoms with E-state index in [2.05, 4.69) is 9.72 Å². The first-order valence-corrected chi connectivity index (χ1v) is 4.36. The molecule has 1 rings (SSSR count). The second-order valence-electron chi connectivity index (χ2n) is 2.42. The van der Waals surface area contributed by atoms with E-state index in [0.29, 0.717) is 0 Å². The molecule has 0 unspecified atom stereocenters. The lowest BCUT2D eigenvalue weighted by atomic mass is 10.2. The first-order chi connectivity index (χ1) is 6.65. The molecule has 1 aromatic rings. The highest BCUT2D eigenvalue weighted by atomic mass is 35.5. The van der Waals surface area contributed by atoms with Crippen molar-refractivity contribution in [1.29, 1.82) is 0 Å². The lowest BCUT2D eigenvalue weighted by Crippen LogP contribution is -2.17. The molecular weight excluding hydrogens is 206 g/mol. The lowest BCUT2D eigenvalue weighted by Gasteiger charge is -1.99. The van der Waals surface area contributed by atoms with Gasteiger partial charge in [-0.1, -0.05) is 11.6 Å². The van der Waals surface area contributed by atoms with Gasteiger partial charge in [-0.3, -0.25) is 4.79 Å². The largest absolute Gasteiger partial charge is 0.460 e. The molecule has 0 aliphatic rings. The van der Waals surface area contributed by atoms with Gasteiger partial charge in [-0.2, -0.15) is 0 Å². The van der Waals surface area contributed by atoms with Crippen molar-refractivity contribution in [3.05, 3.63) is 29.0 Å². The Morgan fingerprint density at radius 2 is 2.21 bits per heavy atom. The van der Waals surface area contributed by atoms with Crippen molar-refractivity contribution in [1.82, 2.24) is 4.98 Å². The van der Waals surface area contributed by atoms with E-state index in [4.69, 9.17) is 11.6 Å². The summed E-state index contributed by atoms with van der Waals surface area (Å²) in [6.07, 6.45) is 1.24. The number of carbonyl (C=O) groups is 2. The zero-order valence-corrected chi connectivity index (χ0v) is 8.25. The molecule has 0 saturated heterocycles. The van der Waals surface area contributed by atoms with Gasteiger partial charge < -0.3 is 4.74 Å². The molecule has 1 aromatic heterocycles. The smallest absolute Gasteiger partial charge is 0.379 e.